The van der Waals surface area contributed by atoms with E-state index < -0.39 is 5.97 Å². The SMILES string of the molecule is Cc1ccc2c(c1C)OCC2NC(=O)N1CCOC(CN(C)CC(=O)O)C1. The zero-order valence-electron chi connectivity index (χ0n) is 16.0. The van der Waals surface area contributed by atoms with Crippen molar-refractivity contribution in [1.82, 2.24) is 15.1 Å². The standard InChI is InChI=1S/C19H27N3O5/c1-12-4-5-15-16(11-27-18(15)13(12)2)20-19(25)22-6-7-26-14(9-22)8-21(3)10-17(23)24/h4-5,14,16H,6-11H2,1-3H3,(H,20,25)(H,23,24). The fourth-order valence-electron chi connectivity index (χ4n) is 3.55. The second-order valence-corrected chi connectivity index (χ2v) is 7.27. The Hall–Kier alpha value is -2.32. The number of ether oxygens (including phenoxy) is 2. The van der Waals surface area contributed by atoms with Crippen LogP contribution in [0.2, 0.25) is 0 Å². The number of carboxylic acids is 1. The highest BCUT2D eigenvalue weighted by Gasteiger charge is 2.31. The lowest BCUT2D eigenvalue weighted by molar-refractivity contribution is -0.138. The molecule has 8 heteroatoms. The maximum Gasteiger partial charge on any atom is 0.318 e. The van der Waals surface area contributed by atoms with Crippen molar-refractivity contribution in [3.63, 3.8) is 0 Å². The fourth-order valence-corrected chi connectivity index (χ4v) is 3.55. The molecule has 2 unspecified atom stereocenters. The minimum absolute atomic E-state index is 0.0545. The largest absolute Gasteiger partial charge is 0.490 e. The van der Waals surface area contributed by atoms with Gasteiger partial charge in [0, 0.05) is 25.2 Å². The maximum absolute atomic E-state index is 12.7. The van der Waals surface area contributed by atoms with Gasteiger partial charge in [0.2, 0.25) is 0 Å². The summed E-state index contributed by atoms with van der Waals surface area (Å²) < 4.78 is 11.5. The summed E-state index contributed by atoms with van der Waals surface area (Å²) in [6, 6.07) is 3.75. The summed E-state index contributed by atoms with van der Waals surface area (Å²) in [4.78, 5) is 26.9. The summed E-state index contributed by atoms with van der Waals surface area (Å²) in [7, 11) is 1.73. The summed E-state index contributed by atoms with van der Waals surface area (Å²) in [5.74, 6) is -0.0104. The predicted molar refractivity (Wildman–Crippen MR) is 99.1 cm³/mol. The van der Waals surface area contributed by atoms with Gasteiger partial charge in [-0.05, 0) is 32.0 Å². The van der Waals surface area contributed by atoms with Crippen LogP contribution < -0.4 is 10.1 Å². The van der Waals surface area contributed by atoms with E-state index in [0.717, 1.165) is 16.9 Å². The summed E-state index contributed by atoms with van der Waals surface area (Å²) in [5, 5.41) is 11.9. The third kappa shape index (κ3) is 4.51. The normalized spacial score (nSPS) is 21.7. The molecule has 3 rings (SSSR count). The maximum atomic E-state index is 12.7. The van der Waals surface area contributed by atoms with Crippen molar-refractivity contribution < 1.29 is 24.2 Å². The molecule has 2 heterocycles. The molecule has 0 aromatic heterocycles. The number of carbonyl (C=O) groups is 2. The number of aliphatic carboxylic acids is 1. The number of carboxylic acid groups (broad SMARTS) is 1. The summed E-state index contributed by atoms with van der Waals surface area (Å²) in [6.07, 6.45) is -0.203. The number of rotatable bonds is 5. The molecule has 2 atom stereocenters. The van der Waals surface area contributed by atoms with Gasteiger partial charge in [0.05, 0.1) is 25.3 Å². The summed E-state index contributed by atoms with van der Waals surface area (Å²) in [5.41, 5.74) is 3.29. The number of aryl methyl sites for hydroxylation is 1. The quantitative estimate of drug-likeness (QED) is 0.800. The van der Waals surface area contributed by atoms with E-state index in [1.807, 2.05) is 26.0 Å². The van der Waals surface area contributed by atoms with Crippen LogP contribution in [0.5, 0.6) is 5.75 Å². The van der Waals surface area contributed by atoms with E-state index >= 15 is 0 Å². The lowest BCUT2D eigenvalue weighted by Crippen LogP contribution is -2.53. The molecular formula is C19H27N3O5. The zero-order valence-corrected chi connectivity index (χ0v) is 16.0. The first kappa shape index (κ1) is 19.4. The van der Waals surface area contributed by atoms with Crippen LogP contribution in [-0.2, 0) is 9.53 Å². The molecule has 2 N–H and O–H groups in total. The number of hydrogen-bond acceptors (Lipinski definition) is 5. The molecular weight excluding hydrogens is 350 g/mol. The van der Waals surface area contributed by atoms with Gasteiger partial charge in [0.1, 0.15) is 12.4 Å². The molecule has 1 fully saturated rings. The Morgan fingerprint density at radius 2 is 2.15 bits per heavy atom. The van der Waals surface area contributed by atoms with Crippen LogP contribution >= 0.6 is 0 Å². The molecule has 1 aromatic rings. The molecule has 0 radical (unpaired) electrons. The topological polar surface area (TPSA) is 91.3 Å². The highest BCUT2D eigenvalue weighted by molar-refractivity contribution is 5.75. The molecule has 2 amide bonds. The summed E-state index contributed by atoms with van der Waals surface area (Å²) >= 11 is 0. The van der Waals surface area contributed by atoms with Gasteiger partial charge in [-0.15, -0.1) is 0 Å². The smallest absolute Gasteiger partial charge is 0.318 e. The number of urea groups is 1. The minimum Gasteiger partial charge on any atom is -0.490 e. The van der Waals surface area contributed by atoms with Gasteiger partial charge in [-0.3, -0.25) is 9.69 Å². The third-order valence-electron chi connectivity index (χ3n) is 5.12. The van der Waals surface area contributed by atoms with Crippen molar-refractivity contribution in [2.45, 2.75) is 26.0 Å². The van der Waals surface area contributed by atoms with Crippen molar-refractivity contribution in [2.24, 2.45) is 0 Å². The third-order valence-corrected chi connectivity index (χ3v) is 5.12. The van der Waals surface area contributed by atoms with Gasteiger partial charge in [-0.25, -0.2) is 4.79 Å². The number of benzene rings is 1. The molecule has 1 saturated heterocycles. The monoisotopic (exact) mass is 377 g/mol. The Kier molecular flexibility index (Phi) is 5.86. The Bertz CT molecular complexity index is 724. The fraction of sp³-hybridized carbons (Fsp3) is 0.579. The van der Waals surface area contributed by atoms with Gasteiger partial charge in [0.25, 0.3) is 0 Å². The highest BCUT2D eigenvalue weighted by atomic mass is 16.5. The van der Waals surface area contributed by atoms with Crippen LogP contribution in [0.1, 0.15) is 22.7 Å². The number of nitrogens with zero attached hydrogens (tertiary/aromatic N) is 2. The molecule has 0 spiro atoms. The van der Waals surface area contributed by atoms with E-state index in [1.54, 1.807) is 16.8 Å². The van der Waals surface area contributed by atoms with E-state index in [4.69, 9.17) is 14.6 Å². The van der Waals surface area contributed by atoms with Gasteiger partial charge in [0.15, 0.2) is 0 Å². The molecule has 2 aliphatic rings. The zero-order chi connectivity index (χ0) is 19.6. The number of hydrogen-bond donors (Lipinski definition) is 2. The molecule has 0 bridgehead atoms. The molecule has 8 nitrogen and oxygen atoms in total. The average molecular weight is 377 g/mol. The van der Waals surface area contributed by atoms with Gasteiger partial charge < -0.3 is 24.8 Å². The first-order valence-corrected chi connectivity index (χ1v) is 9.15. The second kappa shape index (κ2) is 8.14. The van der Waals surface area contributed by atoms with Gasteiger partial charge in [-0.2, -0.15) is 0 Å². The summed E-state index contributed by atoms with van der Waals surface area (Å²) in [6.45, 7) is 6.29. The lowest BCUT2D eigenvalue weighted by Gasteiger charge is -2.35. The van der Waals surface area contributed by atoms with E-state index in [1.165, 1.54) is 5.56 Å². The Balaban J connectivity index is 1.58. The minimum atomic E-state index is -0.881. The average Bonchev–Trinajstić information content (AvgIpc) is 3.01. The molecule has 148 valence electrons. The van der Waals surface area contributed by atoms with Crippen molar-refractivity contribution in [3.05, 3.63) is 28.8 Å². The molecule has 27 heavy (non-hydrogen) atoms. The number of nitrogens with one attached hydrogen (secondary N) is 1. The van der Waals surface area contributed by atoms with Crippen molar-refractivity contribution >= 4 is 12.0 Å². The van der Waals surface area contributed by atoms with Crippen LogP contribution in [-0.4, -0.2) is 79.5 Å². The van der Waals surface area contributed by atoms with Gasteiger partial charge >= 0.3 is 12.0 Å². The number of morpholine rings is 1. The van der Waals surface area contributed by atoms with E-state index in [9.17, 15) is 9.59 Å². The number of fused-ring (bicyclic) bond motifs is 1. The Labute approximate surface area is 159 Å². The molecule has 1 aromatic carbocycles. The Morgan fingerprint density at radius 3 is 2.89 bits per heavy atom. The number of amides is 2. The van der Waals surface area contributed by atoms with Crippen LogP contribution in [0.25, 0.3) is 0 Å². The lowest BCUT2D eigenvalue weighted by atomic mass is 10.0. The molecule has 0 saturated carbocycles. The predicted octanol–water partition coefficient (Wildman–Crippen LogP) is 1.16. The van der Waals surface area contributed by atoms with Crippen LogP contribution in [0.4, 0.5) is 4.79 Å². The number of carbonyl (C=O) groups excluding carboxylic acids is 1. The van der Waals surface area contributed by atoms with Crippen LogP contribution in [0.3, 0.4) is 0 Å². The first-order chi connectivity index (χ1) is 12.8. The van der Waals surface area contributed by atoms with E-state index in [0.29, 0.717) is 32.8 Å². The van der Waals surface area contributed by atoms with E-state index in [-0.39, 0.29) is 24.7 Å². The molecule has 0 aliphatic carbocycles. The first-order valence-electron chi connectivity index (χ1n) is 9.15. The van der Waals surface area contributed by atoms with Crippen LogP contribution in [0.15, 0.2) is 12.1 Å². The van der Waals surface area contributed by atoms with Crippen molar-refractivity contribution in [2.75, 3.05) is 46.4 Å². The van der Waals surface area contributed by atoms with Crippen molar-refractivity contribution in [1.29, 1.82) is 0 Å². The van der Waals surface area contributed by atoms with Gasteiger partial charge in [-0.1, -0.05) is 12.1 Å². The van der Waals surface area contributed by atoms with Crippen molar-refractivity contribution in [3.8, 4) is 5.75 Å². The van der Waals surface area contributed by atoms with Crippen LogP contribution in [0, 0.1) is 13.8 Å². The Morgan fingerprint density at radius 1 is 1.37 bits per heavy atom. The molecule has 2 aliphatic heterocycles. The highest BCUT2D eigenvalue weighted by Crippen LogP contribution is 2.36. The second-order valence-electron chi connectivity index (χ2n) is 7.27. The number of likely N-dealkylation sites (N-methyl/N-ethyl adjacent to an activating group) is 1. The van der Waals surface area contributed by atoms with E-state index in [2.05, 4.69) is 5.32 Å².